The van der Waals surface area contributed by atoms with Gasteiger partial charge in [-0.05, 0) is 49.2 Å². The van der Waals surface area contributed by atoms with Gasteiger partial charge in [0.25, 0.3) is 5.91 Å². The van der Waals surface area contributed by atoms with Crippen molar-refractivity contribution in [2.24, 2.45) is 0 Å². The maximum Gasteiger partial charge on any atom is 0.251 e. The van der Waals surface area contributed by atoms with Gasteiger partial charge in [-0.25, -0.2) is 0 Å². The lowest BCUT2D eigenvalue weighted by molar-refractivity contribution is 0.0939. The molecule has 2 aromatic carbocycles. The summed E-state index contributed by atoms with van der Waals surface area (Å²) in [6.07, 6.45) is 0. The highest BCUT2D eigenvalue weighted by Gasteiger charge is 2.13. The third kappa shape index (κ3) is 3.20. The Bertz CT molecular complexity index is 640. The molecule has 4 heteroatoms. The van der Waals surface area contributed by atoms with E-state index in [4.69, 9.17) is 5.73 Å². The number of nitrogen functional groups attached to an aromatic ring is 1. The van der Waals surface area contributed by atoms with Crippen LogP contribution in [0.15, 0.2) is 46.9 Å². The first-order chi connectivity index (χ1) is 9.49. The van der Waals surface area contributed by atoms with Crippen molar-refractivity contribution in [2.75, 3.05) is 5.73 Å². The maximum atomic E-state index is 12.2. The fourth-order valence-corrected chi connectivity index (χ4v) is 2.63. The summed E-state index contributed by atoms with van der Waals surface area (Å²) >= 11 is 3.50. The van der Waals surface area contributed by atoms with E-state index >= 15 is 0 Å². The lowest BCUT2D eigenvalue weighted by Crippen LogP contribution is -2.26. The Labute approximate surface area is 127 Å². The molecule has 1 unspecified atom stereocenters. The molecule has 0 heterocycles. The van der Waals surface area contributed by atoms with Crippen LogP contribution in [0.25, 0.3) is 0 Å². The molecule has 0 saturated carbocycles. The number of benzene rings is 2. The van der Waals surface area contributed by atoms with E-state index in [0.717, 1.165) is 15.6 Å². The molecular weight excluding hydrogens is 316 g/mol. The van der Waals surface area contributed by atoms with Crippen LogP contribution < -0.4 is 11.1 Å². The van der Waals surface area contributed by atoms with Crippen molar-refractivity contribution in [2.45, 2.75) is 19.9 Å². The van der Waals surface area contributed by atoms with Gasteiger partial charge < -0.3 is 11.1 Å². The van der Waals surface area contributed by atoms with Gasteiger partial charge in [-0.3, -0.25) is 4.79 Å². The van der Waals surface area contributed by atoms with Gasteiger partial charge in [-0.15, -0.1) is 0 Å². The fraction of sp³-hybridized carbons (Fsp3) is 0.188. The number of nitrogens with one attached hydrogen (secondary N) is 1. The summed E-state index contributed by atoms with van der Waals surface area (Å²) in [4.78, 5) is 12.2. The zero-order valence-electron chi connectivity index (χ0n) is 11.5. The Morgan fingerprint density at radius 2 is 1.95 bits per heavy atom. The summed E-state index contributed by atoms with van der Waals surface area (Å²) in [6, 6.07) is 13.1. The SMILES string of the molecule is Cc1cc(C(=O)NC(C)c2ccccc2Br)ccc1N. The molecule has 20 heavy (non-hydrogen) atoms. The Kier molecular flexibility index (Phi) is 4.45. The highest BCUT2D eigenvalue weighted by atomic mass is 79.9. The molecule has 0 saturated heterocycles. The molecule has 0 aliphatic carbocycles. The van der Waals surface area contributed by atoms with Crippen LogP contribution in [-0.2, 0) is 0 Å². The first-order valence-electron chi connectivity index (χ1n) is 6.40. The molecule has 0 spiro atoms. The molecule has 3 N–H and O–H groups in total. The molecular formula is C16H17BrN2O. The van der Waals surface area contributed by atoms with Gasteiger partial charge in [0.1, 0.15) is 0 Å². The number of carbonyl (C=O) groups excluding carboxylic acids is 1. The molecule has 3 nitrogen and oxygen atoms in total. The number of anilines is 1. The lowest BCUT2D eigenvalue weighted by atomic mass is 10.1. The summed E-state index contributed by atoms with van der Waals surface area (Å²) < 4.78 is 0.987. The summed E-state index contributed by atoms with van der Waals surface area (Å²) in [5.74, 6) is -0.101. The summed E-state index contributed by atoms with van der Waals surface area (Å²) in [6.45, 7) is 3.85. The van der Waals surface area contributed by atoms with Crippen molar-refractivity contribution in [3.63, 3.8) is 0 Å². The first-order valence-corrected chi connectivity index (χ1v) is 7.19. The van der Waals surface area contributed by atoms with Crippen molar-refractivity contribution in [1.82, 2.24) is 5.32 Å². The first kappa shape index (κ1) is 14.6. The molecule has 0 aromatic heterocycles. The van der Waals surface area contributed by atoms with Gasteiger partial charge in [-0.2, -0.15) is 0 Å². The smallest absolute Gasteiger partial charge is 0.251 e. The Morgan fingerprint density at radius 3 is 2.60 bits per heavy atom. The normalized spacial score (nSPS) is 11.9. The van der Waals surface area contributed by atoms with E-state index in [1.807, 2.05) is 38.1 Å². The zero-order chi connectivity index (χ0) is 14.7. The van der Waals surface area contributed by atoms with E-state index < -0.39 is 0 Å². The zero-order valence-corrected chi connectivity index (χ0v) is 13.1. The highest BCUT2D eigenvalue weighted by Crippen LogP contribution is 2.23. The highest BCUT2D eigenvalue weighted by molar-refractivity contribution is 9.10. The van der Waals surface area contributed by atoms with Gasteiger partial charge in [0.2, 0.25) is 0 Å². The van der Waals surface area contributed by atoms with E-state index in [1.165, 1.54) is 0 Å². The van der Waals surface area contributed by atoms with Gasteiger partial charge in [0.05, 0.1) is 6.04 Å². The van der Waals surface area contributed by atoms with Crippen LogP contribution in [0.4, 0.5) is 5.69 Å². The Balaban J connectivity index is 2.15. The number of carbonyl (C=O) groups is 1. The molecule has 0 radical (unpaired) electrons. The van der Waals surface area contributed by atoms with E-state index in [0.29, 0.717) is 11.3 Å². The largest absolute Gasteiger partial charge is 0.399 e. The number of halogens is 1. The molecule has 0 aliphatic rings. The summed E-state index contributed by atoms with van der Waals surface area (Å²) in [7, 11) is 0. The van der Waals surface area contributed by atoms with Crippen molar-refractivity contribution in [3.8, 4) is 0 Å². The predicted molar refractivity (Wildman–Crippen MR) is 85.6 cm³/mol. The maximum absolute atomic E-state index is 12.2. The summed E-state index contributed by atoms with van der Waals surface area (Å²) in [5, 5.41) is 2.99. The van der Waals surface area contributed by atoms with Crippen LogP contribution in [0.1, 0.15) is 34.5 Å². The molecule has 0 fully saturated rings. The quantitative estimate of drug-likeness (QED) is 0.839. The molecule has 0 aliphatic heterocycles. The van der Waals surface area contributed by atoms with Crippen LogP contribution >= 0.6 is 15.9 Å². The van der Waals surface area contributed by atoms with Gasteiger partial charge in [-0.1, -0.05) is 34.1 Å². The van der Waals surface area contributed by atoms with Crippen LogP contribution in [-0.4, -0.2) is 5.91 Å². The number of rotatable bonds is 3. The second-order valence-electron chi connectivity index (χ2n) is 4.79. The second kappa shape index (κ2) is 6.09. The van der Waals surface area contributed by atoms with E-state index in [-0.39, 0.29) is 11.9 Å². The average Bonchev–Trinajstić information content (AvgIpc) is 2.42. The number of aryl methyl sites for hydroxylation is 1. The second-order valence-corrected chi connectivity index (χ2v) is 5.64. The number of hydrogen-bond donors (Lipinski definition) is 2. The standard InChI is InChI=1S/C16H17BrN2O/c1-10-9-12(7-8-15(10)18)16(20)19-11(2)13-5-3-4-6-14(13)17/h3-9,11H,18H2,1-2H3,(H,19,20). The number of amides is 1. The molecule has 1 atom stereocenters. The minimum Gasteiger partial charge on any atom is -0.399 e. The Morgan fingerprint density at radius 1 is 1.25 bits per heavy atom. The van der Waals surface area contributed by atoms with E-state index in [2.05, 4.69) is 21.2 Å². The van der Waals surface area contributed by atoms with Crippen molar-refractivity contribution >= 4 is 27.5 Å². The number of nitrogens with two attached hydrogens (primary N) is 1. The van der Waals surface area contributed by atoms with Crippen molar-refractivity contribution in [3.05, 3.63) is 63.6 Å². The Hall–Kier alpha value is -1.81. The average molecular weight is 333 g/mol. The van der Waals surface area contributed by atoms with E-state index in [1.54, 1.807) is 18.2 Å². The fourth-order valence-electron chi connectivity index (χ4n) is 2.00. The van der Waals surface area contributed by atoms with Gasteiger partial charge in [0.15, 0.2) is 0 Å². The van der Waals surface area contributed by atoms with Crippen molar-refractivity contribution < 1.29 is 4.79 Å². The van der Waals surface area contributed by atoms with Crippen LogP contribution in [0.5, 0.6) is 0 Å². The topological polar surface area (TPSA) is 55.1 Å². The van der Waals surface area contributed by atoms with Gasteiger partial charge in [0, 0.05) is 15.7 Å². The van der Waals surface area contributed by atoms with Crippen molar-refractivity contribution in [1.29, 1.82) is 0 Å². The lowest BCUT2D eigenvalue weighted by Gasteiger charge is -2.16. The third-order valence-corrected chi connectivity index (χ3v) is 3.97. The van der Waals surface area contributed by atoms with E-state index in [9.17, 15) is 4.79 Å². The molecule has 2 aromatic rings. The summed E-state index contributed by atoms with van der Waals surface area (Å²) in [5.41, 5.74) is 9.04. The molecule has 1 amide bonds. The van der Waals surface area contributed by atoms with Crippen LogP contribution in [0, 0.1) is 6.92 Å². The molecule has 104 valence electrons. The van der Waals surface area contributed by atoms with Crippen LogP contribution in [0.3, 0.4) is 0 Å². The molecule has 0 bridgehead atoms. The third-order valence-electron chi connectivity index (χ3n) is 3.25. The predicted octanol–water partition coefficient (Wildman–Crippen LogP) is 3.83. The number of hydrogen-bond acceptors (Lipinski definition) is 2. The minimum absolute atomic E-state index is 0.0732. The minimum atomic E-state index is -0.101. The van der Waals surface area contributed by atoms with Crippen LogP contribution in [0.2, 0.25) is 0 Å². The molecule has 2 rings (SSSR count). The van der Waals surface area contributed by atoms with Gasteiger partial charge >= 0.3 is 0 Å². The monoisotopic (exact) mass is 332 g/mol.